The van der Waals surface area contributed by atoms with Gasteiger partial charge in [-0.05, 0) is 47.9 Å². The molecule has 2 fully saturated rings. The molecule has 0 bridgehead atoms. The molecule has 1 aromatic carbocycles. The number of halogens is 3. The number of morpholine rings is 1. The van der Waals surface area contributed by atoms with E-state index in [0.717, 1.165) is 73.8 Å². The van der Waals surface area contributed by atoms with Crippen LogP contribution in [0, 0.1) is 0 Å². The molecule has 4 aromatic rings. The number of hydrogen-bond donors (Lipinski definition) is 3. The number of rotatable bonds is 8. The van der Waals surface area contributed by atoms with Crippen LogP contribution in [-0.2, 0) is 11.2 Å². The second-order valence-electron chi connectivity index (χ2n) is 10.4. The van der Waals surface area contributed by atoms with E-state index in [9.17, 15) is 13.2 Å². The average molecular weight is 567 g/mol. The van der Waals surface area contributed by atoms with E-state index >= 15 is 0 Å². The van der Waals surface area contributed by atoms with Gasteiger partial charge in [-0.25, -0.2) is 9.97 Å². The van der Waals surface area contributed by atoms with Crippen LogP contribution in [0.1, 0.15) is 17.3 Å². The van der Waals surface area contributed by atoms with Gasteiger partial charge >= 0.3 is 6.18 Å². The number of piperazine rings is 1. The number of anilines is 2. The van der Waals surface area contributed by atoms with Crippen LogP contribution in [0.4, 0.5) is 24.7 Å². The molecule has 3 N–H and O–H groups in total. The summed E-state index contributed by atoms with van der Waals surface area (Å²) in [6.45, 7) is 7.36. The van der Waals surface area contributed by atoms with Crippen molar-refractivity contribution < 1.29 is 17.9 Å². The Hall–Kier alpha value is -3.74. The van der Waals surface area contributed by atoms with Gasteiger partial charge in [0.1, 0.15) is 17.8 Å². The van der Waals surface area contributed by atoms with E-state index in [4.69, 9.17) is 4.74 Å². The molecule has 9 nitrogen and oxygen atoms in total. The van der Waals surface area contributed by atoms with Gasteiger partial charge in [-0.3, -0.25) is 4.98 Å². The highest BCUT2D eigenvalue weighted by Crippen LogP contribution is 2.36. The third-order valence-electron chi connectivity index (χ3n) is 7.62. The van der Waals surface area contributed by atoms with Crippen LogP contribution >= 0.6 is 0 Å². The molecule has 2 saturated heterocycles. The van der Waals surface area contributed by atoms with E-state index in [1.165, 1.54) is 12.5 Å². The summed E-state index contributed by atoms with van der Waals surface area (Å²) in [4.78, 5) is 20.8. The van der Waals surface area contributed by atoms with Crippen molar-refractivity contribution in [2.45, 2.75) is 18.6 Å². The minimum atomic E-state index is -4.52. The summed E-state index contributed by atoms with van der Waals surface area (Å²) in [5, 5.41) is 6.88. The van der Waals surface area contributed by atoms with Crippen LogP contribution in [0.15, 0.2) is 55.0 Å². The Balaban J connectivity index is 1.18. The van der Waals surface area contributed by atoms with Crippen molar-refractivity contribution in [3.63, 3.8) is 0 Å². The van der Waals surface area contributed by atoms with Gasteiger partial charge < -0.3 is 30.2 Å². The maximum absolute atomic E-state index is 14.2. The molecular formula is C29H33F3N8O. The quantitative estimate of drug-likeness (QED) is 0.295. The number of hydrogen-bond acceptors (Lipinski definition) is 8. The maximum atomic E-state index is 14.2. The Morgan fingerprint density at radius 3 is 2.49 bits per heavy atom. The fourth-order valence-electron chi connectivity index (χ4n) is 5.38. The van der Waals surface area contributed by atoms with Gasteiger partial charge in [0.25, 0.3) is 0 Å². The van der Waals surface area contributed by atoms with Gasteiger partial charge in [0.2, 0.25) is 0 Å². The van der Waals surface area contributed by atoms with Crippen molar-refractivity contribution in [3.8, 4) is 11.3 Å². The first kappa shape index (κ1) is 27.4. The molecule has 0 radical (unpaired) electrons. The fourth-order valence-corrected chi connectivity index (χ4v) is 5.38. The summed E-state index contributed by atoms with van der Waals surface area (Å²) in [5.41, 5.74) is 3.51. The minimum absolute atomic E-state index is 0.0378. The van der Waals surface area contributed by atoms with E-state index in [1.807, 2.05) is 6.07 Å². The van der Waals surface area contributed by atoms with Gasteiger partial charge in [0, 0.05) is 63.4 Å². The molecule has 0 amide bonds. The predicted molar refractivity (Wildman–Crippen MR) is 152 cm³/mol. The number of alkyl halides is 3. The van der Waals surface area contributed by atoms with Crippen LogP contribution in [0.2, 0.25) is 0 Å². The lowest BCUT2D eigenvalue weighted by Gasteiger charge is -2.27. The summed E-state index contributed by atoms with van der Waals surface area (Å²) in [6, 6.07) is 10.3. The number of aromatic nitrogens is 4. The Bertz CT molecular complexity index is 1450. The first-order valence-corrected chi connectivity index (χ1v) is 13.9. The molecule has 0 aliphatic carbocycles. The zero-order valence-corrected chi connectivity index (χ0v) is 22.6. The van der Waals surface area contributed by atoms with Gasteiger partial charge in [-0.2, -0.15) is 13.2 Å². The molecule has 5 heterocycles. The van der Waals surface area contributed by atoms with E-state index < -0.39 is 12.2 Å². The van der Waals surface area contributed by atoms with Crippen molar-refractivity contribution in [1.29, 1.82) is 0 Å². The Kier molecular flexibility index (Phi) is 8.04. The van der Waals surface area contributed by atoms with Gasteiger partial charge in [0.05, 0.1) is 24.3 Å². The number of aromatic amines is 1. The predicted octanol–water partition coefficient (Wildman–Crippen LogP) is 4.02. The topological polar surface area (TPSA) is 94.2 Å². The number of nitrogens with one attached hydrogen (secondary N) is 3. The minimum Gasteiger partial charge on any atom is -0.378 e. The number of nitrogens with zero attached hydrogens (tertiary/aromatic N) is 5. The monoisotopic (exact) mass is 566 g/mol. The molecule has 6 rings (SSSR count). The van der Waals surface area contributed by atoms with Crippen LogP contribution < -0.4 is 15.5 Å². The van der Waals surface area contributed by atoms with E-state index in [-0.39, 0.29) is 5.69 Å². The number of fused-ring (bicyclic) bond motifs is 1. The van der Waals surface area contributed by atoms with Gasteiger partial charge in [-0.1, -0.05) is 12.1 Å². The van der Waals surface area contributed by atoms with Crippen molar-refractivity contribution in [1.82, 2.24) is 30.2 Å². The van der Waals surface area contributed by atoms with Crippen molar-refractivity contribution >= 4 is 22.5 Å². The lowest BCUT2D eigenvalue weighted by atomic mass is 10.1. The van der Waals surface area contributed by atoms with Gasteiger partial charge in [0.15, 0.2) is 6.04 Å². The third-order valence-corrected chi connectivity index (χ3v) is 7.62. The highest BCUT2D eigenvalue weighted by atomic mass is 19.4. The molecule has 0 spiro atoms. The molecule has 1 unspecified atom stereocenters. The Labute approximate surface area is 236 Å². The first-order chi connectivity index (χ1) is 19.9. The molecule has 12 heteroatoms. The highest BCUT2D eigenvalue weighted by Gasteiger charge is 2.42. The molecule has 2 aliphatic rings. The molecule has 216 valence electrons. The SMILES string of the molecule is FC(F)(F)C(Nc1ccc(-c2cc3c(N4CCOCC4)ncnc3[nH]2)cc1)c1cc(CCN2CCNCC2)ccn1. The number of benzene rings is 1. The van der Waals surface area contributed by atoms with Gasteiger partial charge in [-0.15, -0.1) is 0 Å². The smallest absolute Gasteiger partial charge is 0.378 e. The number of pyridine rings is 1. The number of H-pyrrole nitrogens is 1. The second-order valence-corrected chi connectivity index (χ2v) is 10.4. The zero-order valence-electron chi connectivity index (χ0n) is 22.6. The van der Waals surface area contributed by atoms with E-state index in [0.29, 0.717) is 31.0 Å². The second kappa shape index (κ2) is 12.0. The first-order valence-electron chi connectivity index (χ1n) is 13.9. The van der Waals surface area contributed by atoms with Crippen LogP contribution in [0.3, 0.4) is 0 Å². The van der Waals surface area contributed by atoms with Crippen molar-refractivity contribution in [2.75, 3.05) is 69.2 Å². The van der Waals surface area contributed by atoms with Crippen LogP contribution in [0.25, 0.3) is 22.3 Å². The van der Waals surface area contributed by atoms with Crippen molar-refractivity contribution in [3.05, 3.63) is 66.2 Å². The molecule has 41 heavy (non-hydrogen) atoms. The molecular weight excluding hydrogens is 533 g/mol. The van der Waals surface area contributed by atoms with E-state index in [1.54, 1.807) is 36.4 Å². The zero-order chi connectivity index (χ0) is 28.2. The Morgan fingerprint density at radius 2 is 1.73 bits per heavy atom. The maximum Gasteiger partial charge on any atom is 0.414 e. The lowest BCUT2D eigenvalue weighted by Crippen LogP contribution is -2.44. The van der Waals surface area contributed by atoms with Crippen LogP contribution in [0.5, 0.6) is 0 Å². The highest BCUT2D eigenvalue weighted by molar-refractivity contribution is 5.92. The molecule has 1 atom stereocenters. The molecule has 3 aromatic heterocycles. The number of ether oxygens (including phenoxy) is 1. The molecule has 0 saturated carbocycles. The summed E-state index contributed by atoms with van der Waals surface area (Å²) in [5.74, 6) is 0.842. The Morgan fingerprint density at radius 1 is 0.951 bits per heavy atom. The van der Waals surface area contributed by atoms with Crippen LogP contribution in [-0.4, -0.2) is 90.0 Å². The average Bonchev–Trinajstić information content (AvgIpc) is 3.44. The fraction of sp³-hybridized carbons (Fsp3) is 0.414. The summed E-state index contributed by atoms with van der Waals surface area (Å²) >= 11 is 0. The van der Waals surface area contributed by atoms with Crippen molar-refractivity contribution in [2.24, 2.45) is 0 Å². The normalized spacial score (nSPS) is 17.6. The lowest BCUT2D eigenvalue weighted by molar-refractivity contribution is -0.144. The largest absolute Gasteiger partial charge is 0.414 e. The molecule has 2 aliphatic heterocycles. The summed E-state index contributed by atoms with van der Waals surface area (Å²) < 4.78 is 48.1. The third kappa shape index (κ3) is 6.45. The summed E-state index contributed by atoms with van der Waals surface area (Å²) in [7, 11) is 0. The van der Waals surface area contributed by atoms with E-state index in [2.05, 4.69) is 40.4 Å². The standard InChI is InChI=1S/C29H33F3N8O/c30-29(31,32)26(25-17-20(5-7-34-25)6-10-39-11-8-33-9-12-39)37-22-3-1-21(2-4-22)24-18-23-27(38-24)35-19-36-28(23)40-13-15-41-16-14-40/h1-5,7,17-19,26,33,37H,6,8-16H2,(H,35,36,38). The summed E-state index contributed by atoms with van der Waals surface area (Å²) in [6.07, 6.45) is -0.840.